The summed E-state index contributed by atoms with van der Waals surface area (Å²) in [6, 6.07) is 4.54. The van der Waals surface area contributed by atoms with Gasteiger partial charge in [0, 0.05) is 23.2 Å². The quantitative estimate of drug-likeness (QED) is 0.288. The van der Waals surface area contributed by atoms with Crippen LogP contribution in [-0.2, 0) is 28.0 Å². The van der Waals surface area contributed by atoms with Gasteiger partial charge in [0.2, 0.25) is 0 Å². The van der Waals surface area contributed by atoms with Gasteiger partial charge in [0.05, 0.1) is 39.0 Å². The molecule has 0 bridgehead atoms. The molecule has 1 aliphatic rings. The number of carbonyl (C=O) groups is 3. The third kappa shape index (κ3) is 7.30. The normalized spacial score (nSPS) is 12.4. The SMILES string of the molecule is Br.CCOc1cc2c(c(F)c1OCC)C(=N)N(CC(=O)c1cc(CN(CC(=O)O)C(=O)OC)c(O)c(C(C)(C)C)c1)C2. The smallest absolute Gasteiger partial charge is 0.410 e. The van der Waals surface area contributed by atoms with E-state index in [0.29, 0.717) is 11.1 Å². The van der Waals surface area contributed by atoms with E-state index in [1.165, 1.54) is 17.0 Å². The van der Waals surface area contributed by atoms with Gasteiger partial charge in [-0.1, -0.05) is 20.8 Å². The highest BCUT2D eigenvalue weighted by atomic mass is 79.9. The van der Waals surface area contributed by atoms with Crippen LogP contribution in [0.1, 0.15) is 67.2 Å². The number of amidine groups is 1. The maximum absolute atomic E-state index is 15.4. The molecule has 0 saturated carbocycles. The molecule has 0 unspecified atom stereocenters. The fourth-order valence-corrected chi connectivity index (χ4v) is 4.65. The number of amides is 1. The summed E-state index contributed by atoms with van der Waals surface area (Å²) in [6.45, 7) is 8.26. The molecule has 230 valence electrons. The van der Waals surface area contributed by atoms with Crippen molar-refractivity contribution in [2.24, 2.45) is 0 Å². The second-order valence-electron chi connectivity index (χ2n) is 10.5. The molecule has 2 aromatic carbocycles. The third-order valence-electron chi connectivity index (χ3n) is 6.55. The zero-order chi connectivity index (χ0) is 30.6. The summed E-state index contributed by atoms with van der Waals surface area (Å²) in [4.78, 5) is 39.4. The number of hydrogen-bond acceptors (Lipinski definition) is 8. The van der Waals surface area contributed by atoms with Crippen LogP contribution in [0.3, 0.4) is 0 Å². The molecule has 2 aromatic rings. The van der Waals surface area contributed by atoms with Crippen molar-refractivity contribution in [3.63, 3.8) is 0 Å². The summed E-state index contributed by atoms with van der Waals surface area (Å²) >= 11 is 0. The molecule has 13 heteroatoms. The van der Waals surface area contributed by atoms with E-state index in [0.717, 1.165) is 12.0 Å². The van der Waals surface area contributed by atoms with Crippen molar-refractivity contribution in [2.45, 2.75) is 53.1 Å². The van der Waals surface area contributed by atoms with Gasteiger partial charge >= 0.3 is 12.1 Å². The topological polar surface area (TPSA) is 150 Å². The number of aromatic hydroxyl groups is 1. The number of nitrogens with one attached hydrogen (secondary N) is 1. The van der Waals surface area contributed by atoms with Crippen LogP contribution in [0.2, 0.25) is 0 Å². The van der Waals surface area contributed by atoms with Crippen molar-refractivity contribution in [3.8, 4) is 17.2 Å². The molecule has 11 nitrogen and oxygen atoms in total. The Morgan fingerprint density at radius 3 is 2.31 bits per heavy atom. The van der Waals surface area contributed by atoms with Crippen molar-refractivity contribution in [3.05, 3.63) is 51.8 Å². The first-order chi connectivity index (χ1) is 19.2. The first-order valence-corrected chi connectivity index (χ1v) is 13.1. The molecule has 0 spiro atoms. The molecule has 0 fully saturated rings. The number of benzene rings is 2. The molecule has 0 aromatic heterocycles. The van der Waals surface area contributed by atoms with Crippen LogP contribution in [0.5, 0.6) is 17.2 Å². The number of hydrogen-bond donors (Lipinski definition) is 3. The van der Waals surface area contributed by atoms with Gasteiger partial charge in [-0.05, 0) is 43.0 Å². The number of fused-ring (bicyclic) bond motifs is 1. The van der Waals surface area contributed by atoms with E-state index in [1.807, 2.05) is 20.8 Å². The van der Waals surface area contributed by atoms with Crippen molar-refractivity contribution >= 4 is 40.7 Å². The second-order valence-corrected chi connectivity index (χ2v) is 10.5. The third-order valence-corrected chi connectivity index (χ3v) is 6.55. The highest BCUT2D eigenvalue weighted by molar-refractivity contribution is 8.93. The minimum Gasteiger partial charge on any atom is -0.507 e. The number of methoxy groups -OCH3 is 1. The van der Waals surface area contributed by atoms with Crippen molar-refractivity contribution in [2.75, 3.05) is 33.4 Å². The minimum absolute atomic E-state index is 0. The number of phenolic OH excluding ortho intramolecular Hbond substituents is 1. The number of carboxylic acids is 1. The van der Waals surface area contributed by atoms with Gasteiger partial charge in [-0.15, -0.1) is 17.0 Å². The summed E-state index contributed by atoms with van der Waals surface area (Å²) < 4.78 is 31.1. The highest BCUT2D eigenvalue weighted by Gasteiger charge is 2.34. The van der Waals surface area contributed by atoms with Gasteiger partial charge in [-0.25, -0.2) is 9.18 Å². The van der Waals surface area contributed by atoms with E-state index >= 15 is 4.39 Å². The highest BCUT2D eigenvalue weighted by Crippen LogP contribution is 2.39. The van der Waals surface area contributed by atoms with Gasteiger partial charge in [-0.2, -0.15) is 0 Å². The maximum Gasteiger partial charge on any atom is 0.410 e. The van der Waals surface area contributed by atoms with Crippen LogP contribution < -0.4 is 9.47 Å². The van der Waals surface area contributed by atoms with E-state index in [-0.39, 0.29) is 89.6 Å². The molecule has 0 radical (unpaired) electrons. The number of carboxylic acid groups (broad SMARTS) is 1. The van der Waals surface area contributed by atoms with E-state index in [2.05, 4.69) is 4.74 Å². The average molecular weight is 655 g/mol. The molecular formula is C29H37BrFN3O8. The number of aliphatic carboxylic acids is 1. The van der Waals surface area contributed by atoms with Crippen LogP contribution >= 0.6 is 17.0 Å². The molecule has 3 rings (SSSR count). The van der Waals surface area contributed by atoms with Gasteiger partial charge < -0.3 is 29.3 Å². The van der Waals surface area contributed by atoms with Gasteiger partial charge in [0.15, 0.2) is 23.1 Å². The summed E-state index contributed by atoms with van der Waals surface area (Å²) in [7, 11) is 1.11. The van der Waals surface area contributed by atoms with Crippen LogP contribution in [0.15, 0.2) is 18.2 Å². The van der Waals surface area contributed by atoms with Crippen molar-refractivity contribution in [1.29, 1.82) is 5.41 Å². The minimum atomic E-state index is -1.28. The first kappa shape index (κ1) is 34.3. The number of phenols is 1. The molecule has 1 aliphatic heterocycles. The van der Waals surface area contributed by atoms with Crippen molar-refractivity contribution in [1.82, 2.24) is 9.80 Å². The standard InChI is InChI=1S/C29H36FN3O8.BrH/c1-7-40-21-11-17-12-32(27(31)23(17)24(30)26(21)41-8-2)14-20(34)16-9-18(25(37)19(10-16)29(3,4)5)13-33(15-22(35)36)28(38)39-6;/h9-11,31,37H,7-8,12-15H2,1-6H3,(H,35,36);1H. The molecule has 1 heterocycles. The Bertz CT molecular complexity index is 1380. The van der Waals surface area contributed by atoms with Crippen LogP contribution in [-0.4, -0.2) is 77.1 Å². The fraction of sp³-hybridized carbons (Fsp3) is 0.448. The summed E-state index contributed by atoms with van der Waals surface area (Å²) in [5.41, 5.74) is 0.638. The monoisotopic (exact) mass is 653 g/mol. The van der Waals surface area contributed by atoms with Gasteiger partial charge in [0.25, 0.3) is 0 Å². The molecule has 0 saturated heterocycles. The van der Waals surface area contributed by atoms with E-state index in [9.17, 15) is 24.6 Å². The van der Waals surface area contributed by atoms with Crippen molar-refractivity contribution < 1.29 is 43.2 Å². The average Bonchev–Trinajstić information content (AvgIpc) is 3.20. The maximum atomic E-state index is 15.4. The van der Waals surface area contributed by atoms with Crippen LogP contribution in [0, 0.1) is 11.2 Å². The van der Waals surface area contributed by atoms with Gasteiger partial charge in [-0.3, -0.25) is 19.9 Å². The number of ketones is 1. The Morgan fingerprint density at radius 1 is 1.12 bits per heavy atom. The van der Waals surface area contributed by atoms with Crippen LogP contribution in [0.4, 0.5) is 9.18 Å². The number of Topliss-reactive ketones (excluding diaryl/α,β-unsaturated/α-hetero) is 1. The predicted octanol–water partition coefficient (Wildman–Crippen LogP) is 4.88. The molecule has 0 atom stereocenters. The first-order valence-electron chi connectivity index (χ1n) is 13.1. The molecule has 1 amide bonds. The van der Waals surface area contributed by atoms with Crippen LogP contribution in [0.25, 0.3) is 0 Å². The Balaban J connectivity index is 0.00000616. The lowest BCUT2D eigenvalue weighted by Gasteiger charge is -2.26. The number of halogens is 2. The lowest BCUT2D eigenvalue weighted by atomic mass is 9.83. The van der Waals surface area contributed by atoms with E-state index in [4.69, 9.17) is 14.9 Å². The Labute approximate surface area is 254 Å². The summed E-state index contributed by atoms with van der Waals surface area (Å²) in [5, 5.41) is 28.9. The largest absolute Gasteiger partial charge is 0.507 e. The molecule has 42 heavy (non-hydrogen) atoms. The molecule has 0 aliphatic carbocycles. The number of ether oxygens (including phenoxy) is 3. The van der Waals surface area contributed by atoms with E-state index < -0.39 is 35.6 Å². The Kier molecular flexibility index (Phi) is 11.3. The molecule has 3 N–H and O–H groups in total. The zero-order valence-corrected chi connectivity index (χ0v) is 26.2. The Morgan fingerprint density at radius 2 is 1.76 bits per heavy atom. The predicted molar refractivity (Wildman–Crippen MR) is 158 cm³/mol. The molecular weight excluding hydrogens is 617 g/mol. The second kappa shape index (κ2) is 13.9. The zero-order valence-electron chi connectivity index (χ0n) is 24.5. The number of rotatable bonds is 11. The number of carbonyl (C=O) groups excluding carboxylic acids is 2. The lowest BCUT2D eigenvalue weighted by molar-refractivity contribution is -0.138. The van der Waals surface area contributed by atoms with Gasteiger partial charge in [0.1, 0.15) is 18.1 Å². The lowest BCUT2D eigenvalue weighted by Crippen LogP contribution is -2.35. The number of nitrogens with zero attached hydrogens (tertiary/aromatic N) is 2. The van der Waals surface area contributed by atoms with E-state index in [1.54, 1.807) is 19.9 Å². The Hall–Kier alpha value is -3.87. The fourth-order valence-electron chi connectivity index (χ4n) is 4.65. The summed E-state index contributed by atoms with van der Waals surface area (Å²) in [5.74, 6) is -2.64. The summed E-state index contributed by atoms with van der Waals surface area (Å²) in [6.07, 6.45) is -0.913.